The number of nitrogens with zero attached hydrogens (tertiary/aromatic N) is 1. The van der Waals surface area contributed by atoms with Crippen LogP contribution < -0.4 is 14.8 Å². The van der Waals surface area contributed by atoms with Gasteiger partial charge in [-0.05, 0) is 42.5 Å². The lowest BCUT2D eigenvalue weighted by Gasteiger charge is -2.26. The molecule has 1 saturated heterocycles. The first kappa shape index (κ1) is 22.4. The van der Waals surface area contributed by atoms with Crippen LogP contribution in [0.15, 0.2) is 52.3 Å². The molecule has 0 radical (unpaired) electrons. The van der Waals surface area contributed by atoms with Crippen molar-refractivity contribution in [2.45, 2.75) is 9.79 Å². The second-order valence-corrected chi connectivity index (χ2v) is 9.38. The van der Waals surface area contributed by atoms with Gasteiger partial charge in [0.15, 0.2) is 11.5 Å². The summed E-state index contributed by atoms with van der Waals surface area (Å²) in [5.41, 5.74) is 0.536. The van der Waals surface area contributed by atoms with Gasteiger partial charge in [0.1, 0.15) is 0 Å². The molecule has 1 heterocycles. The van der Waals surface area contributed by atoms with Crippen LogP contribution in [0.2, 0.25) is 0 Å². The van der Waals surface area contributed by atoms with Crippen molar-refractivity contribution in [3.05, 3.63) is 42.5 Å². The highest BCUT2D eigenvalue weighted by atomic mass is 32.2. The molecule has 2 aromatic rings. The standard InChI is InChI=1S/C20H24N2O6S2/c1-26-18-8-5-16(13-19(18)27-2)29-14-20(23)21-15-3-6-17(7-4-15)30(24,25)22-9-11-28-12-10-22/h3-8,13H,9-12,14H2,1-2H3,(H,21,23). The summed E-state index contributed by atoms with van der Waals surface area (Å²) in [6, 6.07) is 11.6. The lowest BCUT2D eigenvalue weighted by atomic mass is 10.3. The highest BCUT2D eigenvalue weighted by molar-refractivity contribution is 8.00. The van der Waals surface area contributed by atoms with Gasteiger partial charge in [0.05, 0.1) is 38.1 Å². The highest BCUT2D eigenvalue weighted by Crippen LogP contribution is 2.31. The second kappa shape index (κ2) is 10.2. The number of morpholine rings is 1. The van der Waals surface area contributed by atoms with Crippen LogP contribution >= 0.6 is 11.8 Å². The van der Waals surface area contributed by atoms with E-state index >= 15 is 0 Å². The molecule has 0 aromatic heterocycles. The van der Waals surface area contributed by atoms with Gasteiger partial charge < -0.3 is 19.5 Å². The summed E-state index contributed by atoms with van der Waals surface area (Å²) < 4.78 is 42.4. The van der Waals surface area contributed by atoms with Gasteiger partial charge in [-0.2, -0.15) is 4.31 Å². The predicted molar refractivity (Wildman–Crippen MR) is 115 cm³/mol. The summed E-state index contributed by atoms with van der Waals surface area (Å²) in [6.07, 6.45) is 0. The van der Waals surface area contributed by atoms with Crippen molar-refractivity contribution in [1.82, 2.24) is 4.31 Å². The zero-order chi connectivity index (χ0) is 21.6. The van der Waals surface area contributed by atoms with Gasteiger partial charge in [0.2, 0.25) is 15.9 Å². The van der Waals surface area contributed by atoms with Crippen LogP contribution in [0.1, 0.15) is 0 Å². The van der Waals surface area contributed by atoms with E-state index in [9.17, 15) is 13.2 Å². The Kier molecular flexibility index (Phi) is 7.59. The maximum Gasteiger partial charge on any atom is 0.243 e. The number of ether oxygens (including phenoxy) is 3. The van der Waals surface area contributed by atoms with E-state index in [-0.39, 0.29) is 16.6 Å². The zero-order valence-electron chi connectivity index (χ0n) is 16.8. The van der Waals surface area contributed by atoms with Gasteiger partial charge in [-0.3, -0.25) is 4.79 Å². The molecule has 0 atom stereocenters. The first-order valence-electron chi connectivity index (χ1n) is 9.26. The van der Waals surface area contributed by atoms with Crippen molar-refractivity contribution >= 4 is 33.4 Å². The van der Waals surface area contributed by atoms with Crippen LogP contribution in [-0.2, 0) is 19.6 Å². The predicted octanol–water partition coefficient (Wildman–Crippen LogP) is 2.46. The van der Waals surface area contributed by atoms with Gasteiger partial charge in [-0.15, -0.1) is 11.8 Å². The van der Waals surface area contributed by atoms with Crippen LogP contribution in [0.4, 0.5) is 5.69 Å². The number of nitrogens with one attached hydrogen (secondary N) is 1. The summed E-state index contributed by atoms with van der Waals surface area (Å²) >= 11 is 1.36. The lowest BCUT2D eigenvalue weighted by molar-refractivity contribution is -0.113. The molecule has 2 aromatic carbocycles. The average Bonchev–Trinajstić information content (AvgIpc) is 2.78. The minimum atomic E-state index is -3.55. The number of benzene rings is 2. The van der Waals surface area contributed by atoms with Crippen LogP contribution in [-0.4, -0.2) is 64.9 Å². The fraction of sp³-hybridized carbons (Fsp3) is 0.350. The number of hydrogen-bond donors (Lipinski definition) is 1. The molecule has 1 fully saturated rings. The molecule has 162 valence electrons. The molecule has 1 N–H and O–H groups in total. The summed E-state index contributed by atoms with van der Waals surface area (Å²) in [4.78, 5) is 13.3. The summed E-state index contributed by atoms with van der Waals surface area (Å²) in [5.74, 6) is 1.22. The van der Waals surface area contributed by atoms with E-state index in [0.29, 0.717) is 43.5 Å². The summed E-state index contributed by atoms with van der Waals surface area (Å²) in [7, 11) is -0.429. The molecular weight excluding hydrogens is 428 g/mol. The van der Waals surface area contributed by atoms with Gasteiger partial charge in [-0.1, -0.05) is 0 Å². The second-order valence-electron chi connectivity index (χ2n) is 6.39. The molecule has 1 aliphatic heterocycles. The van der Waals surface area contributed by atoms with E-state index in [1.807, 2.05) is 12.1 Å². The van der Waals surface area contributed by atoms with Crippen molar-refractivity contribution in [2.24, 2.45) is 0 Å². The summed E-state index contributed by atoms with van der Waals surface area (Å²) in [6.45, 7) is 1.47. The Hall–Kier alpha value is -2.27. The van der Waals surface area contributed by atoms with Crippen LogP contribution in [0, 0.1) is 0 Å². The molecule has 10 heteroatoms. The van der Waals surface area contributed by atoms with E-state index < -0.39 is 10.0 Å². The number of sulfonamides is 1. The SMILES string of the molecule is COc1ccc(SCC(=O)Nc2ccc(S(=O)(=O)N3CCOCC3)cc2)cc1OC. The van der Waals surface area contributed by atoms with Crippen molar-refractivity contribution < 1.29 is 27.4 Å². The van der Waals surface area contributed by atoms with E-state index in [1.54, 1.807) is 32.4 Å². The number of methoxy groups -OCH3 is 2. The number of rotatable bonds is 8. The topological polar surface area (TPSA) is 94.2 Å². The van der Waals surface area contributed by atoms with Gasteiger partial charge in [0.25, 0.3) is 0 Å². The average molecular weight is 453 g/mol. The van der Waals surface area contributed by atoms with Crippen molar-refractivity contribution in [1.29, 1.82) is 0 Å². The number of thioether (sulfide) groups is 1. The maximum absolute atomic E-state index is 12.6. The Morgan fingerprint density at radius 1 is 1.07 bits per heavy atom. The molecule has 3 rings (SSSR count). The highest BCUT2D eigenvalue weighted by Gasteiger charge is 2.26. The number of amides is 1. The van der Waals surface area contributed by atoms with Crippen molar-refractivity contribution in [3.8, 4) is 11.5 Å². The normalized spacial score (nSPS) is 14.9. The molecule has 30 heavy (non-hydrogen) atoms. The first-order chi connectivity index (χ1) is 14.4. The third kappa shape index (κ3) is 5.45. The van der Waals surface area contributed by atoms with Crippen molar-refractivity contribution in [2.75, 3.05) is 51.6 Å². The Morgan fingerprint density at radius 3 is 2.37 bits per heavy atom. The Bertz CT molecular complexity index is 973. The van der Waals surface area contributed by atoms with E-state index in [1.165, 1.54) is 28.2 Å². The monoisotopic (exact) mass is 452 g/mol. The number of carbonyl (C=O) groups excluding carboxylic acids is 1. The molecule has 1 amide bonds. The van der Waals surface area contributed by atoms with Crippen LogP contribution in [0.5, 0.6) is 11.5 Å². The van der Waals surface area contributed by atoms with Gasteiger partial charge in [0, 0.05) is 23.7 Å². The van der Waals surface area contributed by atoms with E-state index in [2.05, 4.69) is 5.32 Å². The number of anilines is 1. The molecule has 0 spiro atoms. The van der Waals surface area contributed by atoms with Gasteiger partial charge >= 0.3 is 0 Å². The molecular formula is C20H24N2O6S2. The summed E-state index contributed by atoms with van der Waals surface area (Å²) in [5, 5.41) is 2.78. The molecule has 0 bridgehead atoms. The quantitative estimate of drug-likeness (QED) is 0.615. The zero-order valence-corrected chi connectivity index (χ0v) is 18.4. The van der Waals surface area contributed by atoms with E-state index in [4.69, 9.17) is 14.2 Å². The van der Waals surface area contributed by atoms with Gasteiger partial charge in [-0.25, -0.2) is 8.42 Å². The Balaban J connectivity index is 1.57. The smallest absolute Gasteiger partial charge is 0.243 e. The Labute approximate surface area is 180 Å². The fourth-order valence-electron chi connectivity index (χ4n) is 2.90. The third-order valence-electron chi connectivity index (χ3n) is 4.47. The largest absolute Gasteiger partial charge is 0.493 e. The third-order valence-corrected chi connectivity index (χ3v) is 7.38. The molecule has 0 aliphatic carbocycles. The molecule has 1 aliphatic rings. The molecule has 0 saturated carbocycles. The first-order valence-corrected chi connectivity index (χ1v) is 11.7. The van der Waals surface area contributed by atoms with Crippen LogP contribution in [0.25, 0.3) is 0 Å². The van der Waals surface area contributed by atoms with Crippen LogP contribution in [0.3, 0.4) is 0 Å². The van der Waals surface area contributed by atoms with Crippen molar-refractivity contribution in [3.63, 3.8) is 0 Å². The molecule has 8 nitrogen and oxygen atoms in total. The minimum absolute atomic E-state index is 0.196. The number of carbonyl (C=O) groups is 1. The maximum atomic E-state index is 12.6. The van der Waals surface area contributed by atoms with E-state index in [0.717, 1.165) is 4.90 Å². The lowest BCUT2D eigenvalue weighted by Crippen LogP contribution is -2.40. The fourth-order valence-corrected chi connectivity index (χ4v) is 5.03. The Morgan fingerprint density at radius 2 is 1.73 bits per heavy atom. The minimum Gasteiger partial charge on any atom is -0.493 e. The molecule has 0 unspecified atom stereocenters. The number of hydrogen-bond acceptors (Lipinski definition) is 7.